The summed E-state index contributed by atoms with van der Waals surface area (Å²) in [7, 11) is 0. The van der Waals surface area contributed by atoms with Crippen molar-refractivity contribution >= 4 is 52.0 Å². The Morgan fingerprint density at radius 3 is 1.63 bits per heavy atom. The van der Waals surface area contributed by atoms with Crippen molar-refractivity contribution in [2.75, 3.05) is 37.8 Å². The van der Waals surface area contributed by atoms with Crippen LogP contribution in [0.1, 0.15) is 152 Å². The number of ether oxygens (including phenoxy) is 3. The van der Waals surface area contributed by atoms with Crippen LogP contribution in [-0.4, -0.2) is 54.8 Å². The van der Waals surface area contributed by atoms with Crippen molar-refractivity contribution in [3.63, 3.8) is 0 Å². The topological polar surface area (TPSA) is 215 Å². The highest BCUT2D eigenvalue weighted by molar-refractivity contribution is 5.79. The third kappa shape index (κ3) is 14.8. The van der Waals surface area contributed by atoms with Crippen LogP contribution in [0.15, 0.2) is 128 Å². The molecule has 0 aliphatic rings. The maximum absolute atomic E-state index is 15.2. The van der Waals surface area contributed by atoms with Crippen LogP contribution in [0.3, 0.4) is 0 Å². The summed E-state index contributed by atoms with van der Waals surface area (Å²) in [5.74, 6) is 0.224. The lowest BCUT2D eigenvalue weighted by Gasteiger charge is -2.61. The van der Waals surface area contributed by atoms with Crippen LogP contribution in [0, 0.1) is 62.1 Å². The summed E-state index contributed by atoms with van der Waals surface area (Å²) in [5.41, 5.74) is 1.51. The highest BCUT2D eigenvalue weighted by Gasteiger charge is 2.64. The van der Waals surface area contributed by atoms with Crippen molar-refractivity contribution in [1.82, 2.24) is 9.97 Å². The van der Waals surface area contributed by atoms with Crippen molar-refractivity contribution < 1.29 is 23.8 Å². The van der Waals surface area contributed by atoms with E-state index in [9.17, 15) is 15.3 Å². The van der Waals surface area contributed by atoms with Gasteiger partial charge in [-0.05, 0) is 166 Å². The van der Waals surface area contributed by atoms with Crippen molar-refractivity contribution in [3.05, 3.63) is 114 Å². The monoisotopic (exact) mass is 1070 g/mol. The van der Waals surface area contributed by atoms with E-state index in [-0.39, 0.29) is 54.5 Å². The van der Waals surface area contributed by atoms with Gasteiger partial charge in [-0.25, -0.2) is 0 Å². The molecule has 1 heterocycles. The second-order valence-electron chi connectivity index (χ2n) is 22.6. The van der Waals surface area contributed by atoms with Gasteiger partial charge in [0.1, 0.15) is 37.7 Å². The fraction of sp³-hybridized carbons (Fsp3) is 0.508. The number of azo groups is 3. The largest absolute Gasteiger partial charge is 0.490 e. The van der Waals surface area contributed by atoms with E-state index in [1.807, 2.05) is 123 Å². The Labute approximate surface area is 469 Å². The summed E-state index contributed by atoms with van der Waals surface area (Å²) in [6.45, 7) is 31.7. The SMILES string of the molecule is CCN(CCOC(=O)C(C)(CC(C)(CC)C(CC)(CC)C(C)(CC(C)(C)CC)C(=O)OCCOc1ccc(N=Nc2ccc(N=Nc3ccccc3)cc2)cc1C)C(C)(C)CC)c1ccc(N=Nc2nc(C#N)c(C#N)[nH]2)cc1. The number of esters is 2. The fourth-order valence-corrected chi connectivity index (χ4v) is 11.4. The van der Waals surface area contributed by atoms with Crippen LogP contribution in [0.4, 0.5) is 40.1 Å². The van der Waals surface area contributed by atoms with Crippen LogP contribution < -0.4 is 9.64 Å². The average molecular weight is 1070 g/mol. The number of carbonyl (C=O) groups is 2. The van der Waals surface area contributed by atoms with Gasteiger partial charge < -0.3 is 24.1 Å². The van der Waals surface area contributed by atoms with Crippen molar-refractivity contribution in [2.24, 2.45) is 63.2 Å². The molecule has 79 heavy (non-hydrogen) atoms. The zero-order chi connectivity index (χ0) is 58.1. The van der Waals surface area contributed by atoms with Gasteiger partial charge in [0.2, 0.25) is 5.95 Å². The summed E-state index contributed by atoms with van der Waals surface area (Å²) < 4.78 is 19.0. The van der Waals surface area contributed by atoms with Crippen LogP contribution in [0.5, 0.6) is 5.75 Å². The summed E-state index contributed by atoms with van der Waals surface area (Å²) in [5, 5.41) is 44.2. The number of benzene rings is 4. The van der Waals surface area contributed by atoms with Gasteiger partial charge in [-0.3, -0.25) is 9.59 Å². The number of H-pyrrole nitrogens is 1. The summed E-state index contributed by atoms with van der Waals surface area (Å²) >= 11 is 0. The molecule has 420 valence electrons. The van der Waals surface area contributed by atoms with Crippen LogP contribution in [0.2, 0.25) is 0 Å². The van der Waals surface area contributed by atoms with Gasteiger partial charge >= 0.3 is 11.9 Å². The Hall–Kier alpha value is -7.59. The first-order valence-electron chi connectivity index (χ1n) is 27.8. The number of aryl methyl sites for hydroxylation is 1. The number of nitriles is 2. The predicted molar refractivity (Wildman–Crippen MR) is 311 cm³/mol. The van der Waals surface area contributed by atoms with Crippen LogP contribution >= 0.6 is 0 Å². The molecule has 16 heteroatoms. The zero-order valence-corrected chi connectivity index (χ0v) is 49.2. The molecule has 5 rings (SSSR count). The van der Waals surface area contributed by atoms with E-state index in [0.717, 1.165) is 36.2 Å². The first-order chi connectivity index (χ1) is 37.6. The van der Waals surface area contributed by atoms with E-state index in [2.05, 4.69) is 129 Å². The molecule has 0 amide bonds. The number of hydrogen-bond acceptors (Lipinski definition) is 15. The van der Waals surface area contributed by atoms with Gasteiger partial charge in [0.15, 0.2) is 11.4 Å². The number of anilines is 1. The van der Waals surface area contributed by atoms with Crippen LogP contribution in [0.25, 0.3) is 0 Å². The van der Waals surface area contributed by atoms with Gasteiger partial charge in [0.05, 0.1) is 45.8 Å². The zero-order valence-electron chi connectivity index (χ0n) is 49.2. The Morgan fingerprint density at radius 1 is 0.595 bits per heavy atom. The third-order valence-electron chi connectivity index (χ3n) is 17.3. The van der Waals surface area contributed by atoms with Gasteiger partial charge in [-0.2, -0.15) is 36.0 Å². The molecule has 3 atom stereocenters. The van der Waals surface area contributed by atoms with Gasteiger partial charge in [0, 0.05) is 12.2 Å². The van der Waals surface area contributed by atoms with Crippen molar-refractivity contribution in [3.8, 4) is 17.9 Å². The minimum Gasteiger partial charge on any atom is -0.490 e. The number of aromatic amines is 1. The summed E-state index contributed by atoms with van der Waals surface area (Å²) in [4.78, 5) is 39.0. The fourth-order valence-electron chi connectivity index (χ4n) is 11.4. The van der Waals surface area contributed by atoms with Crippen molar-refractivity contribution in [1.29, 1.82) is 10.5 Å². The molecule has 0 saturated carbocycles. The number of likely N-dealkylation sites (N-methyl/N-ethyl adjacent to an activating group) is 1. The Kier molecular flexibility index (Phi) is 21.5. The second-order valence-corrected chi connectivity index (χ2v) is 22.6. The van der Waals surface area contributed by atoms with Gasteiger partial charge in [0.25, 0.3) is 0 Å². The van der Waals surface area contributed by atoms with Crippen molar-refractivity contribution in [2.45, 2.75) is 142 Å². The van der Waals surface area contributed by atoms with Gasteiger partial charge in [-0.1, -0.05) is 100 Å². The number of nitrogens with zero attached hydrogens (tertiary/aromatic N) is 10. The molecule has 0 spiro atoms. The third-order valence-corrected chi connectivity index (χ3v) is 17.3. The summed E-state index contributed by atoms with van der Waals surface area (Å²) in [6, 6.07) is 33.8. The average Bonchev–Trinajstić information content (AvgIpc) is 3.84. The number of carbonyl (C=O) groups excluding carboxylic acids is 2. The van der Waals surface area contributed by atoms with E-state index in [4.69, 9.17) is 14.2 Å². The molecule has 0 radical (unpaired) electrons. The molecule has 5 aromatic rings. The number of rotatable bonds is 29. The molecule has 0 fully saturated rings. The molecule has 0 aliphatic carbocycles. The van der Waals surface area contributed by atoms with E-state index in [1.165, 1.54) is 0 Å². The highest BCUT2D eigenvalue weighted by Crippen LogP contribution is 2.66. The number of hydrogen-bond donors (Lipinski definition) is 1. The first kappa shape index (κ1) is 62.3. The van der Waals surface area contributed by atoms with Crippen LogP contribution in [-0.2, 0) is 19.1 Å². The number of imidazole rings is 1. The Balaban J connectivity index is 1.29. The molecule has 16 nitrogen and oxygen atoms in total. The Morgan fingerprint density at radius 2 is 1.13 bits per heavy atom. The van der Waals surface area contributed by atoms with Gasteiger partial charge in [-0.15, -0.1) is 10.2 Å². The summed E-state index contributed by atoms with van der Waals surface area (Å²) in [6.07, 6.45) is 4.82. The minimum absolute atomic E-state index is 0.0324. The molecule has 1 aromatic heterocycles. The lowest BCUT2D eigenvalue weighted by Crippen LogP contribution is -2.59. The molecular formula is C63H83N11O5. The molecule has 4 aromatic carbocycles. The maximum Gasteiger partial charge on any atom is 0.312 e. The predicted octanol–water partition coefficient (Wildman–Crippen LogP) is 17.6. The lowest BCUT2D eigenvalue weighted by molar-refractivity contribution is -0.192. The number of aromatic nitrogens is 2. The van der Waals surface area contributed by atoms with E-state index < -0.39 is 27.1 Å². The molecule has 1 N–H and O–H groups in total. The molecular weight excluding hydrogens is 991 g/mol. The standard InChI is InChI=1S/C63H83N11O5/c1-15-58(8,9)43-62(14,56(76)79-39-38-77-54-35-32-50(40-45(54)7)72-70-48-28-26-47(27-29-48)69-68-46-24-22-21-23-25-46)63(18-4,19-5)60(12,17-3)44-61(13,59(10,11)16-2)55(75)78-37-36-74(20-6)51-33-30-49(31-34-51)71-73-57-66-52(41-64)53(42-65)67-57/h21-35,40H,15-20,36-39,43-44H2,1-14H3,(H,66,67). The van der Waals surface area contributed by atoms with E-state index >= 15 is 4.79 Å². The molecule has 3 unspecified atom stereocenters. The molecule has 0 saturated heterocycles. The molecule has 0 bridgehead atoms. The van der Waals surface area contributed by atoms with E-state index in [1.54, 1.807) is 0 Å². The Bertz CT molecular complexity index is 2950. The smallest absolute Gasteiger partial charge is 0.312 e. The highest BCUT2D eigenvalue weighted by atomic mass is 16.6. The number of nitrogens with one attached hydrogen (secondary N) is 1. The minimum atomic E-state index is -0.948. The molecule has 0 aliphatic heterocycles. The lowest BCUT2D eigenvalue weighted by atomic mass is 9.42. The normalized spacial score (nSPS) is 14.5. The second kappa shape index (κ2) is 27.3. The quantitative estimate of drug-likeness (QED) is 0.0273. The maximum atomic E-state index is 15.2. The van der Waals surface area contributed by atoms with E-state index in [0.29, 0.717) is 67.3 Å². The first-order valence-corrected chi connectivity index (χ1v) is 27.8.